The van der Waals surface area contributed by atoms with Crippen LogP contribution >= 0.6 is 11.6 Å². The second-order valence-corrected chi connectivity index (χ2v) is 10.5. The smallest absolute Gasteiger partial charge is 0.137 e. The molecule has 0 spiro atoms. The van der Waals surface area contributed by atoms with Gasteiger partial charge in [-0.2, -0.15) is 0 Å². The maximum absolute atomic E-state index is 6.19. The number of imidazole rings is 1. The molecule has 1 unspecified atom stereocenters. The van der Waals surface area contributed by atoms with Crippen molar-refractivity contribution < 1.29 is 0 Å². The summed E-state index contributed by atoms with van der Waals surface area (Å²) in [6, 6.07) is 29.9. The van der Waals surface area contributed by atoms with Crippen molar-refractivity contribution in [2.24, 2.45) is 5.92 Å². The fraction of sp³-hybridized carbons (Fsp3) is 0.323. The van der Waals surface area contributed by atoms with Crippen molar-refractivity contribution in [1.82, 2.24) is 20.2 Å². The van der Waals surface area contributed by atoms with Crippen molar-refractivity contribution in [1.29, 1.82) is 0 Å². The monoisotopic (exact) mass is 498 g/mol. The van der Waals surface area contributed by atoms with E-state index in [1.54, 1.807) is 0 Å². The third-order valence-corrected chi connectivity index (χ3v) is 7.86. The molecule has 4 aromatic rings. The quantitative estimate of drug-likeness (QED) is 0.300. The maximum atomic E-state index is 6.19. The van der Waals surface area contributed by atoms with Crippen molar-refractivity contribution in [2.75, 3.05) is 26.2 Å². The summed E-state index contributed by atoms with van der Waals surface area (Å²) in [6.45, 7) is 10.8. The van der Waals surface area contributed by atoms with Crippen LogP contribution in [0.2, 0.25) is 5.02 Å². The minimum absolute atomic E-state index is 0.109. The lowest BCUT2D eigenvalue weighted by atomic mass is 9.65. The predicted molar refractivity (Wildman–Crippen MR) is 149 cm³/mol. The standard InChI is InChI=1S/C31H35ClN4/c1-22(2)31(36-20-18-33-19-21-36,28(24-10-6-4-7-11-24)25-12-8-5-9-13-25)29-23(3)34-30(35-29)26-14-16-27(32)17-15-26/h4-17,22,28,33H,18-21H2,1-3H3,(H,34,35). The number of aromatic amines is 1. The van der Waals surface area contributed by atoms with E-state index in [1.807, 2.05) is 24.3 Å². The first-order chi connectivity index (χ1) is 17.5. The van der Waals surface area contributed by atoms with Crippen molar-refractivity contribution >= 4 is 11.6 Å². The first kappa shape index (κ1) is 24.8. The summed E-state index contributed by atoms with van der Waals surface area (Å²) in [5.74, 6) is 1.29. The van der Waals surface area contributed by atoms with Gasteiger partial charge in [0.15, 0.2) is 0 Å². The summed E-state index contributed by atoms with van der Waals surface area (Å²) in [4.78, 5) is 11.7. The lowest BCUT2D eigenvalue weighted by molar-refractivity contribution is 0.0108. The molecule has 5 rings (SSSR count). The molecule has 1 aromatic heterocycles. The molecule has 1 aliphatic heterocycles. The first-order valence-corrected chi connectivity index (χ1v) is 13.3. The fourth-order valence-electron chi connectivity index (χ4n) is 6.06. The number of aromatic nitrogens is 2. The molecule has 3 aromatic carbocycles. The Hall–Kier alpha value is -2.92. The fourth-order valence-corrected chi connectivity index (χ4v) is 6.19. The van der Waals surface area contributed by atoms with Crippen LogP contribution in [0.5, 0.6) is 0 Å². The SMILES string of the molecule is Cc1[nH]c(-c2ccc(Cl)cc2)nc1C(C(C)C)(C(c1ccccc1)c1ccccc1)N1CCNCC1. The van der Waals surface area contributed by atoms with E-state index in [0.29, 0.717) is 5.92 Å². The van der Waals surface area contributed by atoms with E-state index in [4.69, 9.17) is 16.6 Å². The number of rotatable bonds is 7. The molecular weight excluding hydrogens is 464 g/mol. The van der Waals surface area contributed by atoms with Gasteiger partial charge in [0.2, 0.25) is 0 Å². The summed E-state index contributed by atoms with van der Waals surface area (Å²) in [6.07, 6.45) is 0. The lowest BCUT2D eigenvalue weighted by Crippen LogP contribution is -2.60. The van der Waals surface area contributed by atoms with Gasteiger partial charge in [0.05, 0.1) is 11.2 Å². The van der Waals surface area contributed by atoms with Crippen LogP contribution in [-0.2, 0) is 5.54 Å². The van der Waals surface area contributed by atoms with Crippen LogP contribution in [0.25, 0.3) is 11.4 Å². The Balaban J connectivity index is 1.78. The number of H-pyrrole nitrogens is 1. The van der Waals surface area contributed by atoms with Crippen LogP contribution in [0.3, 0.4) is 0 Å². The van der Waals surface area contributed by atoms with Crippen molar-refractivity contribution in [3.8, 4) is 11.4 Å². The van der Waals surface area contributed by atoms with E-state index < -0.39 is 0 Å². The Labute approximate surface area is 219 Å². The highest BCUT2D eigenvalue weighted by atomic mass is 35.5. The first-order valence-electron chi connectivity index (χ1n) is 12.9. The lowest BCUT2D eigenvalue weighted by Gasteiger charge is -2.53. The molecule has 1 fully saturated rings. The highest BCUT2D eigenvalue weighted by Gasteiger charge is 2.51. The van der Waals surface area contributed by atoms with Gasteiger partial charge in [-0.3, -0.25) is 4.90 Å². The summed E-state index contributed by atoms with van der Waals surface area (Å²) in [5, 5.41) is 4.29. The highest BCUT2D eigenvalue weighted by molar-refractivity contribution is 6.30. The number of hydrogen-bond donors (Lipinski definition) is 2. The molecule has 1 aliphatic rings. The third kappa shape index (κ3) is 4.50. The third-order valence-electron chi connectivity index (χ3n) is 7.61. The Morgan fingerprint density at radius 1 is 0.833 bits per heavy atom. The van der Waals surface area contributed by atoms with E-state index in [2.05, 4.69) is 96.6 Å². The molecule has 0 saturated carbocycles. The molecule has 2 N–H and O–H groups in total. The largest absolute Gasteiger partial charge is 0.342 e. The second kappa shape index (κ2) is 10.6. The van der Waals surface area contributed by atoms with Crippen molar-refractivity contribution in [2.45, 2.75) is 32.2 Å². The minimum Gasteiger partial charge on any atom is -0.342 e. The average Bonchev–Trinajstić information content (AvgIpc) is 3.30. The average molecular weight is 499 g/mol. The molecular formula is C31H35ClN4. The van der Waals surface area contributed by atoms with Crippen molar-refractivity contribution in [3.05, 3.63) is 112 Å². The van der Waals surface area contributed by atoms with Gasteiger partial charge in [-0.05, 0) is 48.2 Å². The van der Waals surface area contributed by atoms with E-state index >= 15 is 0 Å². The number of aryl methyl sites for hydroxylation is 1. The Bertz CT molecular complexity index is 1220. The number of halogens is 1. The summed E-state index contributed by atoms with van der Waals surface area (Å²) in [7, 11) is 0. The Morgan fingerprint density at radius 2 is 1.39 bits per heavy atom. The normalized spacial score (nSPS) is 16.4. The number of nitrogens with zero attached hydrogens (tertiary/aromatic N) is 2. The van der Waals surface area contributed by atoms with E-state index in [9.17, 15) is 0 Å². The van der Waals surface area contributed by atoms with Gasteiger partial charge < -0.3 is 10.3 Å². The van der Waals surface area contributed by atoms with Crippen molar-refractivity contribution in [3.63, 3.8) is 0 Å². The number of benzene rings is 3. The minimum atomic E-state index is -0.351. The van der Waals surface area contributed by atoms with Crippen LogP contribution in [0.15, 0.2) is 84.9 Å². The van der Waals surface area contributed by atoms with E-state index in [1.165, 1.54) is 11.1 Å². The van der Waals surface area contributed by atoms with Gasteiger partial charge in [-0.25, -0.2) is 4.98 Å². The van der Waals surface area contributed by atoms with Crippen LogP contribution < -0.4 is 5.32 Å². The van der Waals surface area contributed by atoms with Gasteiger partial charge in [-0.15, -0.1) is 0 Å². The molecule has 186 valence electrons. The zero-order valence-electron chi connectivity index (χ0n) is 21.3. The molecule has 1 saturated heterocycles. The molecule has 36 heavy (non-hydrogen) atoms. The highest BCUT2D eigenvalue weighted by Crippen LogP contribution is 2.51. The van der Waals surface area contributed by atoms with Gasteiger partial charge >= 0.3 is 0 Å². The zero-order chi connectivity index (χ0) is 25.1. The molecule has 0 amide bonds. The van der Waals surface area contributed by atoms with Gasteiger partial charge in [0.1, 0.15) is 5.82 Å². The molecule has 0 aliphatic carbocycles. The molecule has 0 radical (unpaired) electrons. The van der Waals surface area contributed by atoms with E-state index in [-0.39, 0.29) is 11.5 Å². The zero-order valence-corrected chi connectivity index (χ0v) is 22.1. The topological polar surface area (TPSA) is 44.0 Å². The number of piperazine rings is 1. The Kier molecular flexibility index (Phi) is 7.29. The van der Waals surface area contributed by atoms with E-state index in [0.717, 1.165) is 54.0 Å². The van der Waals surface area contributed by atoms with Crippen LogP contribution in [-0.4, -0.2) is 41.0 Å². The van der Waals surface area contributed by atoms with Crippen LogP contribution in [0.4, 0.5) is 0 Å². The van der Waals surface area contributed by atoms with Crippen LogP contribution in [0, 0.1) is 12.8 Å². The maximum Gasteiger partial charge on any atom is 0.137 e. The molecule has 0 bridgehead atoms. The van der Waals surface area contributed by atoms with Gasteiger partial charge in [-0.1, -0.05) is 86.1 Å². The molecule has 1 atom stereocenters. The second-order valence-electron chi connectivity index (χ2n) is 10.0. The van der Waals surface area contributed by atoms with Gasteiger partial charge in [0, 0.05) is 48.4 Å². The molecule has 5 heteroatoms. The number of hydrogen-bond acceptors (Lipinski definition) is 3. The number of nitrogens with one attached hydrogen (secondary N) is 2. The predicted octanol–water partition coefficient (Wildman–Crippen LogP) is 6.63. The van der Waals surface area contributed by atoms with Gasteiger partial charge in [0.25, 0.3) is 0 Å². The molecule has 2 heterocycles. The Morgan fingerprint density at radius 3 is 1.92 bits per heavy atom. The summed E-state index contributed by atoms with van der Waals surface area (Å²) in [5.41, 5.74) is 5.56. The van der Waals surface area contributed by atoms with Crippen LogP contribution in [0.1, 0.15) is 42.3 Å². The summed E-state index contributed by atoms with van der Waals surface area (Å²) >= 11 is 6.19. The molecule has 4 nitrogen and oxygen atoms in total. The summed E-state index contributed by atoms with van der Waals surface area (Å²) < 4.78 is 0.